The zero-order valence-electron chi connectivity index (χ0n) is 26.6. The topological polar surface area (TPSA) is 6.48 Å². The second kappa shape index (κ2) is 12.3. The zero-order valence-corrected chi connectivity index (χ0v) is 26.6. The zero-order chi connectivity index (χ0) is 30.8. The predicted molar refractivity (Wildman–Crippen MR) is 190 cm³/mol. The van der Waals surface area contributed by atoms with Crippen LogP contribution in [0.15, 0.2) is 133 Å². The van der Waals surface area contributed by atoms with Crippen molar-refractivity contribution in [3.63, 3.8) is 0 Å². The highest BCUT2D eigenvalue weighted by atomic mass is 15.2. The van der Waals surface area contributed by atoms with E-state index in [2.05, 4.69) is 185 Å². The van der Waals surface area contributed by atoms with E-state index in [4.69, 9.17) is 0 Å². The molecule has 0 radical (unpaired) electrons. The molecule has 0 aliphatic rings. The summed E-state index contributed by atoms with van der Waals surface area (Å²) in [5.41, 5.74) is 17.1. The molecule has 0 fully saturated rings. The van der Waals surface area contributed by atoms with Gasteiger partial charge >= 0.3 is 0 Å². The van der Waals surface area contributed by atoms with E-state index in [0.29, 0.717) is 0 Å². The van der Waals surface area contributed by atoms with Crippen molar-refractivity contribution in [1.29, 1.82) is 0 Å². The Kier molecular flexibility index (Phi) is 8.09. The molecule has 0 saturated heterocycles. The highest BCUT2D eigenvalue weighted by molar-refractivity contribution is 5.89. The van der Waals surface area contributed by atoms with Gasteiger partial charge < -0.3 is 9.80 Å². The highest BCUT2D eigenvalue weighted by Crippen LogP contribution is 2.45. The SMILES string of the molecule is Cc1ccccc1N(c1ccccc1C)c1cccc(-c2cccc(N(c3ccccc3C)c3ccccc3C)c2C)c1C. The summed E-state index contributed by atoms with van der Waals surface area (Å²) in [6, 6.07) is 48.1. The molecular formula is C42H40N2. The van der Waals surface area contributed by atoms with Gasteiger partial charge in [0.1, 0.15) is 0 Å². The molecule has 0 heterocycles. The minimum Gasteiger partial charge on any atom is -0.310 e. The van der Waals surface area contributed by atoms with E-state index < -0.39 is 0 Å². The number of hydrogen-bond donors (Lipinski definition) is 0. The molecule has 44 heavy (non-hydrogen) atoms. The minimum atomic E-state index is 1.19. The second-order valence-electron chi connectivity index (χ2n) is 11.7. The van der Waals surface area contributed by atoms with Crippen LogP contribution in [0.3, 0.4) is 0 Å². The monoisotopic (exact) mass is 572 g/mol. The lowest BCUT2D eigenvalue weighted by molar-refractivity contribution is 1.20. The third-order valence-electron chi connectivity index (χ3n) is 8.81. The highest BCUT2D eigenvalue weighted by Gasteiger charge is 2.22. The van der Waals surface area contributed by atoms with E-state index in [1.54, 1.807) is 0 Å². The Balaban J connectivity index is 1.56. The van der Waals surface area contributed by atoms with E-state index in [9.17, 15) is 0 Å². The van der Waals surface area contributed by atoms with Gasteiger partial charge in [-0.25, -0.2) is 0 Å². The normalized spacial score (nSPS) is 11.0. The molecule has 6 aromatic rings. The van der Waals surface area contributed by atoms with Crippen LogP contribution in [0, 0.1) is 41.5 Å². The molecule has 6 rings (SSSR count). The number of rotatable bonds is 7. The van der Waals surface area contributed by atoms with E-state index in [-0.39, 0.29) is 0 Å². The second-order valence-corrected chi connectivity index (χ2v) is 11.7. The minimum absolute atomic E-state index is 1.19. The fourth-order valence-corrected chi connectivity index (χ4v) is 6.35. The quantitative estimate of drug-likeness (QED) is 0.188. The van der Waals surface area contributed by atoms with Crippen molar-refractivity contribution >= 4 is 34.1 Å². The molecule has 0 amide bonds. The van der Waals surface area contributed by atoms with Gasteiger partial charge in [-0.15, -0.1) is 0 Å². The Morgan fingerprint density at radius 3 is 0.795 bits per heavy atom. The Labute approximate surface area is 262 Å². The summed E-state index contributed by atoms with van der Waals surface area (Å²) in [6.45, 7) is 13.3. The molecule has 218 valence electrons. The van der Waals surface area contributed by atoms with Crippen LogP contribution in [0.4, 0.5) is 34.1 Å². The molecular weight excluding hydrogens is 532 g/mol. The number of anilines is 6. The average Bonchev–Trinajstić information content (AvgIpc) is 3.03. The van der Waals surface area contributed by atoms with Gasteiger partial charge in [-0.2, -0.15) is 0 Å². The van der Waals surface area contributed by atoms with Crippen molar-refractivity contribution in [3.8, 4) is 11.1 Å². The number of para-hydroxylation sites is 4. The van der Waals surface area contributed by atoms with E-state index in [1.165, 1.54) is 78.6 Å². The van der Waals surface area contributed by atoms with Crippen molar-refractivity contribution in [1.82, 2.24) is 0 Å². The van der Waals surface area contributed by atoms with Crippen LogP contribution in [-0.4, -0.2) is 0 Å². The molecule has 0 aromatic heterocycles. The molecule has 2 nitrogen and oxygen atoms in total. The summed E-state index contributed by atoms with van der Waals surface area (Å²) >= 11 is 0. The van der Waals surface area contributed by atoms with Crippen molar-refractivity contribution < 1.29 is 0 Å². The maximum Gasteiger partial charge on any atom is 0.0497 e. The molecule has 0 aliphatic carbocycles. The summed E-state index contributed by atoms with van der Waals surface area (Å²) in [7, 11) is 0. The summed E-state index contributed by atoms with van der Waals surface area (Å²) < 4.78 is 0. The van der Waals surface area contributed by atoms with Gasteiger partial charge in [-0.3, -0.25) is 0 Å². The number of benzene rings is 6. The Hall–Kier alpha value is -5.08. The van der Waals surface area contributed by atoms with Crippen LogP contribution < -0.4 is 9.80 Å². The molecule has 2 heteroatoms. The standard InChI is InChI=1S/C42H40N2/c1-29-17-7-11-23-37(29)43(38-24-12-8-18-30(38)2)41-27-15-21-35(33(41)5)36-22-16-28-42(34(36)6)44(39-25-13-9-19-31(39)3)40-26-14-10-20-32(40)4/h7-28H,1-6H3. The first-order valence-electron chi connectivity index (χ1n) is 15.4. The first kappa shape index (κ1) is 29.0. The van der Waals surface area contributed by atoms with Gasteiger partial charge in [0.2, 0.25) is 0 Å². The number of aryl methyl sites for hydroxylation is 4. The third kappa shape index (κ3) is 5.29. The molecule has 0 spiro atoms. The van der Waals surface area contributed by atoms with E-state index >= 15 is 0 Å². The molecule has 0 N–H and O–H groups in total. The molecule has 6 aromatic carbocycles. The molecule has 0 saturated carbocycles. The first-order valence-corrected chi connectivity index (χ1v) is 15.4. The third-order valence-corrected chi connectivity index (χ3v) is 8.81. The van der Waals surface area contributed by atoms with Gasteiger partial charge in [0.15, 0.2) is 0 Å². The fraction of sp³-hybridized carbons (Fsp3) is 0.143. The lowest BCUT2D eigenvalue weighted by Gasteiger charge is -2.32. The van der Waals surface area contributed by atoms with Gasteiger partial charge in [0.25, 0.3) is 0 Å². The van der Waals surface area contributed by atoms with Crippen LogP contribution in [0.25, 0.3) is 11.1 Å². The fourth-order valence-electron chi connectivity index (χ4n) is 6.35. The average molecular weight is 573 g/mol. The lowest BCUT2D eigenvalue weighted by Crippen LogP contribution is -2.15. The van der Waals surface area contributed by atoms with Crippen molar-refractivity contribution in [2.45, 2.75) is 41.5 Å². The Bertz CT molecular complexity index is 1720. The maximum absolute atomic E-state index is 2.43. The van der Waals surface area contributed by atoms with E-state index in [0.717, 1.165) is 0 Å². The van der Waals surface area contributed by atoms with Crippen molar-refractivity contribution in [3.05, 3.63) is 167 Å². The maximum atomic E-state index is 2.43. The van der Waals surface area contributed by atoms with E-state index in [1.807, 2.05) is 0 Å². The predicted octanol–water partition coefficient (Wildman–Crippen LogP) is 12.1. The molecule has 0 unspecified atom stereocenters. The van der Waals surface area contributed by atoms with Crippen LogP contribution >= 0.6 is 0 Å². The van der Waals surface area contributed by atoms with Gasteiger partial charge in [-0.05, 0) is 122 Å². The van der Waals surface area contributed by atoms with Gasteiger partial charge in [-0.1, -0.05) is 97.1 Å². The van der Waals surface area contributed by atoms with Crippen LogP contribution in [0.2, 0.25) is 0 Å². The van der Waals surface area contributed by atoms with Crippen molar-refractivity contribution in [2.24, 2.45) is 0 Å². The summed E-state index contributed by atoms with van der Waals surface area (Å²) in [5, 5.41) is 0. The lowest BCUT2D eigenvalue weighted by atomic mass is 9.93. The van der Waals surface area contributed by atoms with Crippen LogP contribution in [0.1, 0.15) is 33.4 Å². The molecule has 0 aliphatic heterocycles. The number of nitrogens with zero attached hydrogens (tertiary/aromatic N) is 2. The first-order chi connectivity index (χ1) is 21.4. The summed E-state index contributed by atoms with van der Waals surface area (Å²) in [5.74, 6) is 0. The largest absolute Gasteiger partial charge is 0.310 e. The smallest absolute Gasteiger partial charge is 0.0497 e. The Morgan fingerprint density at radius 2 is 0.523 bits per heavy atom. The Morgan fingerprint density at radius 1 is 0.273 bits per heavy atom. The van der Waals surface area contributed by atoms with Gasteiger partial charge in [0, 0.05) is 34.1 Å². The van der Waals surface area contributed by atoms with Gasteiger partial charge in [0.05, 0.1) is 0 Å². The van der Waals surface area contributed by atoms with Crippen LogP contribution in [-0.2, 0) is 0 Å². The van der Waals surface area contributed by atoms with Crippen molar-refractivity contribution in [2.75, 3.05) is 9.80 Å². The summed E-state index contributed by atoms with van der Waals surface area (Å²) in [4.78, 5) is 4.85. The molecule has 0 atom stereocenters. The molecule has 0 bridgehead atoms. The number of hydrogen-bond acceptors (Lipinski definition) is 2. The summed E-state index contributed by atoms with van der Waals surface area (Å²) in [6.07, 6.45) is 0. The van der Waals surface area contributed by atoms with Crippen LogP contribution in [0.5, 0.6) is 0 Å².